The van der Waals surface area contributed by atoms with Crippen LogP contribution in [0.1, 0.15) is 44.6 Å². The largest absolute Gasteiger partial charge is 0.357 e. The summed E-state index contributed by atoms with van der Waals surface area (Å²) in [6.45, 7) is 10.9. The van der Waals surface area contributed by atoms with Gasteiger partial charge in [0.15, 0.2) is 11.6 Å². The molecule has 0 spiro atoms. The Morgan fingerprint density at radius 2 is 1.75 bits per heavy atom. The molecule has 0 radical (unpaired) electrons. The van der Waals surface area contributed by atoms with Gasteiger partial charge in [0.05, 0.1) is 12.6 Å². The number of likely N-dealkylation sites (N-methyl/N-ethyl adjacent to an activating group) is 1. The number of aryl methyl sites for hydroxylation is 1. The fraction of sp³-hybridized carbons (Fsp3) is 0.458. The molecule has 0 bridgehead atoms. The first-order valence-electron chi connectivity index (χ1n) is 11.4. The van der Waals surface area contributed by atoms with E-state index in [4.69, 9.17) is 4.99 Å². The normalized spacial score (nSPS) is 12.6. The predicted molar refractivity (Wildman–Crippen MR) is 143 cm³/mol. The third-order valence-corrected chi connectivity index (χ3v) is 5.46. The fourth-order valence-corrected chi connectivity index (χ4v) is 3.81. The number of aromatic nitrogens is 3. The minimum absolute atomic E-state index is 0. The average molecular weight is 550 g/mol. The number of benzene rings is 1. The number of rotatable bonds is 11. The van der Waals surface area contributed by atoms with Gasteiger partial charge in [0, 0.05) is 25.7 Å². The molecule has 2 N–H and O–H groups in total. The highest BCUT2D eigenvalue weighted by Crippen LogP contribution is 2.20. The smallest absolute Gasteiger partial charge is 0.191 e. The summed E-state index contributed by atoms with van der Waals surface area (Å²) in [6.07, 6.45) is 3.84. The third kappa shape index (κ3) is 7.16. The number of hydrogen-bond acceptors (Lipinski definition) is 4. The van der Waals surface area contributed by atoms with Crippen LogP contribution < -0.4 is 10.6 Å². The zero-order chi connectivity index (χ0) is 21.9. The Morgan fingerprint density at radius 1 is 1.00 bits per heavy atom. The SMILES string of the molecule is CCNC(=NCC(c1ccccc1)N(CC)CC)NCCCc1nnc2ccccn12.I. The van der Waals surface area contributed by atoms with Gasteiger partial charge < -0.3 is 10.6 Å². The van der Waals surface area contributed by atoms with Crippen LogP contribution in [0.25, 0.3) is 5.65 Å². The number of fused-ring (bicyclic) bond motifs is 1. The van der Waals surface area contributed by atoms with Crippen molar-refractivity contribution in [3.05, 3.63) is 66.1 Å². The molecule has 8 heteroatoms. The Kier molecular flexibility index (Phi) is 11.4. The van der Waals surface area contributed by atoms with Crippen molar-refractivity contribution in [3.63, 3.8) is 0 Å². The zero-order valence-electron chi connectivity index (χ0n) is 19.4. The molecule has 0 aliphatic carbocycles. The van der Waals surface area contributed by atoms with Gasteiger partial charge >= 0.3 is 0 Å². The molecule has 0 fully saturated rings. The predicted octanol–water partition coefficient (Wildman–Crippen LogP) is 3.92. The van der Waals surface area contributed by atoms with E-state index in [1.807, 2.05) is 28.8 Å². The van der Waals surface area contributed by atoms with Crippen molar-refractivity contribution in [1.29, 1.82) is 0 Å². The van der Waals surface area contributed by atoms with Crippen LogP contribution in [-0.4, -0.2) is 58.2 Å². The molecule has 3 rings (SSSR count). The quantitative estimate of drug-likeness (QED) is 0.164. The topological polar surface area (TPSA) is 69.8 Å². The lowest BCUT2D eigenvalue weighted by Crippen LogP contribution is -2.39. The van der Waals surface area contributed by atoms with Crippen LogP contribution in [0.2, 0.25) is 0 Å². The molecule has 7 nitrogen and oxygen atoms in total. The van der Waals surface area contributed by atoms with Gasteiger partial charge in [-0.2, -0.15) is 0 Å². The van der Waals surface area contributed by atoms with Crippen LogP contribution in [0.5, 0.6) is 0 Å². The molecular weight excluding hydrogens is 513 g/mol. The molecule has 1 unspecified atom stereocenters. The van der Waals surface area contributed by atoms with Crippen molar-refractivity contribution in [2.75, 3.05) is 32.7 Å². The number of nitrogens with one attached hydrogen (secondary N) is 2. The number of halogens is 1. The lowest BCUT2D eigenvalue weighted by molar-refractivity contribution is 0.224. The van der Waals surface area contributed by atoms with Crippen molar-refractivity contribution in [2.45, 2.75) is 39.7 Å². The lowest BCUT2D eigenvalue weighted by Gasteiger charge is -2.29. The molecule has 0 aliphatic heterocycles. The highest BCUT2D eigenvalue weighted by molar-refractivity contribution is 14.0. The summed E-state index contributed by atoms with van der Waals surface area (Å²) in [4.78, 5) is 7.37. The standard InChI is InChI=1S/C24H35N7.HI/c1-4-25-24(26-17-12-16-23-29-28-22-15-10-11-18-31(22)23)27-19-21(30(5-2)6-3)20-13-8-7-9-14-20;/h7-11,13-15,18,21H,4-6,12,16-17,19H2,1-3H3,(H2,25,26,27);1H. The van der Waals surface area contributed by atoms with E-state index < -0.39 is 0 Å². The first kappa shape index (κ1) is 26.1. The molecular formula is C24H36IN7. The number of pyridine rings is 1. The Balaban J connectivity index is 0.00000363. The van der Waals surface area contributed by atoms with Crippen LogP contribution in [-0.2, 0) is 6.42 Å². The zero-order valence-corrected chi connectivity index (χ0v) is 21.7. The summed E-state index contributed by atoms with van der Waals surface area (Å²) in [6, 6.07) is 16.9. The molecule has 0 saturated heterocycles. The molecule has 2 aromatic heterocycles. The second kappa shape index (κ2) is 14.1. The summed E-state index contributed by atoms with van der Waals surface area (Å²) in [5, 5.41) is 15.4. The van der Waals surface area contributed by atoms with Crippen LogP contribution in [0.3, 0.4) is 0 Å². The summed E-state index contributed by atoms with van der Waals surface area (Å²) in [5.41, 5.74) is 2.20. The van der Waals surface area contributed by atoms with Gasteiger partial charge in [-0.1, -0.05) is 50.2 Å². The minimum Gasteiger partial charge on any atom is -0.357 e. The van der Waals surface area contributed by atoms with Crippen molar-refractivity contribution in [2.24, 2.45) is 4.99 Å². The molecule has 2 heterocycles. The summed E-state index contributed by atoms with van der Waals surface area (Å²) >= 11 is 0. The van der Waals surface area contributed by atoms with Gasteiger partial charge in [0.25, 0.3) is 0 Å². The van der Waals surface area contributed by atoms with Gasteiger partial charge in [-0.3, -0.25) is 14.3 Å². The molecule has 0 amide bonds. The van der Waals surface area contributed by atoms with Gasteiger partial charge in [0.1, 0.15) is 5.82 Å². The van der Waals surface area contributed by atoms with E-state index in [1.54, 1.807) is 0 Å². The molecule has 3 aromatic rings. The van der Waals surface area contributed by atoms with Gasteiger partial charge in [-0.25, -0.2) is 0 Å². The first-order valence-corrected chi connectivity index (χ1v) is 11.4. The van der Waals surface area contributed by atoms with Crippen LogP contribution in [0.4, 0.5) is 0 Å². The van der Waals surface area contributed by atoms with Crippen LogP contribution >= 0.6 is 24.0 Å². The van der Waals surface area contributed by atoms with E-state index in [1.165, 1.54) is 5.56 Å². The summed E-state index contributed by atoms with van der Waals surface area (Å²) < 4.78 is 2.05. The Morgan fingerprint density at radius 3 is 2.47 bits per heavy atom. The maximum atomic E-state index is 4.91. The highest BCUT2D eigenvalue weighted by Gasteiger charge is 2.17. The van der Waals surface area contributed by atoms with Crippen molar-refractivity contribution in [3.8, 4) is 0 Å². The van der Waals surface area contributed by atoms with Crippen LogP contribution in [0, 0.1) is 0 Å². The first-order chi connectivity index (χ1) is 15.3. The van der Waals surface area contributed by atoms with Crippen molar-refractivity contribution >= 4 is 35.6 Å². The Bertz CT molecular complexity index is 938. The monoisotopic (exact) mass is 549 g/mol. The molecule has 0 saturated carbocycles. The van der Waals surface area contributed by atoms with Gasteiger partial charge in [0.2, 0.25) is 0 Å². The molecule has 174 valence electrons. The second-order valence-corrected chi connectivity index (χ2v) is 7.44. The van der Waals surface area contributed by atoms with Crippen molar-refractivity contribution in [1.82, 2.24) is 30.1 Å². The average Bonchev–Trinajstić information content (AvgIpc) is 3.23. The van der Waals surface area contributed by atoms with E-state index in [0.717, 1.165) is 63.0 Å². The second-order valence-electron chi connectivity index (χ2n) is 7.44. The van der Waals surface area contributed by atoms with Gasteiger partial charge in [-0.05, 0) is 44.1 Å². The third-order valence-electron chi connectivity index (χ3n) is 5.46. The number of aliphatic imine (C=N–C) groups is 1. The molecule has 32 heavy (non-hydrogen) atoms. The van der Waals surface area contributed by atoms with E-state index >= 15 is 0 Å². The van der Waals surface area contributed by atoms with Crippen molar-refractivity contribution < 1.29 is 0 Å². The highest BCUT2D eigenvalue weighted by atomic mass is 127. The number of hydrogen-bond donors (Lipinski definition) is 2. The minimum atomic E-state index is 0. The Hall–Kier alpha value is -2.20. The summed E-state index contributed by atoms with van der Waals surface area (Å²) in [5.74, 6) is 1.85. The lowest BCUT2D eigenvalue weighted by atomic mass is 10.1. The van der Waals surface area contributed by atoms with E-state index in [9.17, 15) is 0 Å². The number of guanidine groups is 1. The Labute approximate surface area is 208 Å². The van der Waals surface area contributed by atoms with Gasteiger partial charge in [-0.15, -0.1) is 34.2 Å². The fourth-order valence-electron chi connectivity index (χ4n) is 3.81. The molecule has 1 atom stereocenters. The van der Waals surface area contributed by atoms with E-state index in [2.05, 4.69) is 76.8 Å². The van der Waals surface area contributed by atoms with Crippen LogP contribution in [0.15, 0.2) is 59.7 Å². The maximum Gasteiger partial charge on any atom is 0.191 e. The number of nitrogens with zero attached hydrogens (tertiary/aromatic N) is 5. The van der Waals surface area contributed by atoms with E-state index in [-0.39, 0.29) is 30.0 Å². The molecule has 1 aromatic carbocycles. The summed E-state index contributed by atoms with van der Waals surface area (Å²) in [7, 11) is 0. The molecule has 0 aliphatic rings. The van der Waals surface area contributed by atoms with E-state index in [0.29, 0.717) is 0 Å². The maximum absolute atomic E-state index is 4.91.